The molecule has 0 fully saturated rings. The summed E-state index contributed by atoms with van der Waals surface area (Å²) < 4.78 is 11.3. The van der Waals surface area contributed by atoms with E-state index in [1.54, 1.807) is 7.11 Å². The highest BCUT2D eigenvalue weighted by atomic mass is 79.9. The van der Waals surface area contributed by atoms with Gasteiger partial charge in [-0.2, -0.15) is 0 Å². The summed E-state index contributed by atoms with van der Waals surface area (Å²) in [5.74, 6) is 0.953. The molecule has 0 aliphatic heterocycles. The highest BCUT2D eigenvalue weighted by Gasteiger charge is 2.16. The Hall–Kier alpha value is -0.320. The Bertz CT molecular complexity index is 310. The van der Waals surface area contributed by atoms with Crippen LogP contribution in [0.15, 0.2) is 21.2 Å². The van der Waals surface area contributed by atoms with Gasteiger partial charge in [-0.3, -0.25) is 0 Å². The van der Waals surface area contributed by atoms with E-state index in [1.165, 1.54) is 0 Å². The van der Waals surface area contributed by atoms with E-state index in [2.05, 4.69) is 35.1 Å². The van der Waals surface area contributed by atoms with Gasteiger partial charge < -0.3 is 14.5 Å². The molecule has 0 bridgehead atoms. The predicted octanol–water partition coefficient (Wildman–Crippen LogP) is 3.19. The van der Waals surface area contributed by atoms with Crippen molar-refractivity contribution in [1.29, 1.82) is 0 Å². The van der Waals surface area contributed by atoms with Crippen molar-refractivity contribution in [2.75, 3.05) is 20.3 Å². The van der Waals surface area contributed by atoms with E-state index in [1.807, 2.05) is 12.1 Å². The van der Waals surface area contributed by atoms with E-state index in [0.29, 0.717) is 0 Å². The van der Waals surface area contributed by atoms with Gasteiger partial charge in [-0.15, -0.1) is 0 Å². The molecule has 0 saturated heterocycles. The second-order valence-electron chi connectivity index (χ2n) is 4.72. The van der Waals surface area contributed by atoms with Gasteiger partial charge in [-0.05, 0) is 39.9 Å². The maximum Gasteiger partial charge on any atom is 0.169 e. The van der Waals surface area contributed by atoms with Crippen molar-refractivity contribution in [1.82, 2.24) is 5.32 Å². The highest BCUT2D eigenvalue weighted by molar-refractivity contribution is 9.10. The van der Waals surface area contributed by atoms with Crippen molar-refractivity contribution < 1.29 is 9.15 Å². The molecule has 0 amide bonds. The quantitative estimate of drug-likeness (QED) is 0.837. The van der Waals surface area contributed by atoms with Crippen LogP contribution < -0.4 is 5.32 Å². The summed E-state index contributed by atoms with van der Waals surface area (Å²) in [7, 11) is 1.74. The third kappa shape index (κ3) is 5.14. The molecule has 0 spiro atoms. The second kappa shape index (κ2) is 6.42. The van der Waals surface area contributed by atoms with Gasteiger partial charge in [0, 0.05) is 20.3 Å². The fourth-order valence-electron chi connectivity index (χ4n) is 1.44. The molecule has 1 aromatic rings. The minimum atomic E-state index is 0.250. The van der Waals surface area contributed by atoms with Crippen LogP contribution in [0, 0.1) is 5.41 Å². The lowest BCUT2D eigenvalue weighted by Gasteiger charge is -2.24. The first-order chi connectivity index (χ1) is 7.53. The maximum atomic E-state index is 5.41. The second-order valence-corrected chi connectivity index (χ2v) is 5.50. The number of rotatable bonds is 7. The molecule has 0 aliphatic rings. The van der Waals surface area contributed by atoms with E-state index in [4.69, 9.17) is 9.15 Å². The third-order valence-corrected chi connectivity index (χ3v) is 2.94. The smallest absolute Gasteiger partial charge is 0.169 e. The van der Waals surface area contributed by atoms with Crippen LogP contribution >= 0.6 is 15.9 Å². The zero-order valence-electron chi connectivity index (χ0n) is 10.2. The lowest BCUT2D eigenvalue weighted by Crippen LogP contribution is -2.30. The molecule has 0 aromatic carbocycles. The lowest BCUT2D eigenvalue weighted by molar-refractivity contribution is 0.150. The zero-order chi connectivity index (χ0) is 12.0. The van der Waals surface area contributed by atoms with Crippen LogP contribution in [0.1, 0.15) is 26.0 Å². The zero-order valence-corrected chi connectivity index (χ0v) is 11.8. The number of methoxy groups -OCH3 is 1. The largest absolute Gasteiger partial charge is 0.453 e. The average Bonchev–Trinajstić information content (AvgIpc) is 2.61. The average molecular weight is 290 g/mol. The number of nitrogens with one attached hydrogen (secondary N) is 1. The SMILES string of the molecule is COCCC(C)(C)CNCc1ccc(Br)o1. The third-order valence-electron chi connectivity index (χ3n) is 2.51. The number of hydrogen-bond donors (Lipinski definition) is 1. The molecule has 1 aromatic heterocycles. The Balaban J connectivity index is 2.24. The first-order valence-corrected chi connectivity index (χ1v) is 6.27. The molecule has 1 rings (SSSR count). The van der Waals surface area contributed by atoms with Crippen molar-refractivity contribution in [3.63, 3.8) is 0 Å². The number of halogens is 1. The first-order valence-electron chi connectivity index (χ1n) is 5.47. The minimum Gasteiger partial charge on any atom is -0.453 e. The van der Waals surface area contributed by atoms with Gasteiger partial charge in [-0.1, -0.05) is 13.8 Å². The fraction of sp³-hybridized carbons (Fsp3) is 0.667. The standard InChI is InChI=1S/C12H20BrNO2/c1-12(2,6-7-15-3)9-14-8-10-4-5-11(13)16-10/h4-5,14H,6-9H2,1-3H3. The molecule has 1 heterocycles. The molecule has 0 aliphatic carbocycles. The molecule has 0 atom stereocenters. The van der Waals surface area contributed by atoms with Crippen LogP contribution in [0.2, 0.25) is 0 Å². The monoisotopic (exact) mass is 289 g/mol. The summed E-state index contributed by atoms with van der Waals surface area (Å²) in [6.07, 6.45) is 1.05. The van der Waals surface area contributed by atoms with E-state index in [9.17, 15) is 0 Å². The van der Waals surface area contributed by atoms with Crippen LogP contribution in [0.25, 0.3) is 0 Å². The molecule has 16 heavy (non-hydrogen) atoms. The van der Waals surface area contributed by atoms with Gasteiger partial charge in [0.25, 0.3) is 0 Å². The summed E-state index contributed by atoms with van der Waals surface area (Å²) in [6.45, 7) is 6.99. The lowest BCUT2D eigenvalue weighted by atomic mass is 9.90. The van der Waals surface area contributed by atoms with E-state index < -0.39 is 0 Å². The molecular weight excluding hydrogens is 270 g/mol. The fourth-order valence-corrected chi connectivity index (χ4v) is 1.78. The van der Waals surface area contributed by atoms with Crippen LogP contribution in [-0.4, -0.2) is 20.3 Å². The number of hydrogen-bond acceptors (Lipinski definition) is 3. The van der Waals surface area contributed by atoms with Crippen molar-refractivity contribution >= 4 is 15.9 Å². The normalized spacial score (nSPS) is 12.0. The summed E-state index contributed by atoms with van der Waals surface area (Å²) in [5, 5.41) is 3.39. The molecule has 4 heteroatoms. The van der Waals surface area contributed by atoms with E-state index in [-0.39, 0.29) is 5.41 Å². The maximum absolute atomic E-state index is 5.41. The highest BCUT2D eigenvalue weighted by Crippen LogP contribution is 2.19. The van der Waals surface area contributed by atoms with Crippen LogP contribution in [0.4, 0.5) is 0 Å². The van der Waals surface area contributed by atoms with Crippen molar-refractivity contribution in [3.05, 3.63) is 22.6 Å². The van der Waals surface area contributed by atoms with E-state index >= 15 is 0 Å². The van der Waals surface area contributed by atoms with Gasteiger partial charge in [0.1, 0.15) is 5.76 Å². The van der Waals surface area contributed by atoms with Crippen LogP contribution in [0.5, 0.6) is 0 Å². The van der Waals surface area contributed by atoms with Crippen LogP contribution in [-0.2, 0) is 11.3 Å². The Morgan fingerprint density at radius 3 is 2.75 bits per heavy atom. The minimum absolute atomic E-state index is 0.250. The Labute approximate surface area is 106 Å². The van der Waals surface area contributed by atoms with Gasteiger partial charge in [-0.25, -0.2) is 0 Å². The van der Waals surface area contributed by atoms with Gasteiger partial charge >= 0.3 is 0 Å². The molecular formula is C12H20BrNO2. The summed E-state index contributed by atoms with van der Waals surface area (Å²) in [5.41, 5.74) is 0.250. The number of furan rings is 1. The van der Waals surface area contributed by atoms with E-state index in [0.717, 1.165) is 36.5 Å². The van der Waals surface area contributed by atoms with Crippen molar-refractivity contribution in [3.8, 4) is 0 Å². The predicted molar refractivity (Wildman–Crippen MR) is 68.4 cm³/mol. The molecule has 0 unspecified atom stereocenters. The summed E-state index contributed by atoms with van der Waals surface area (Å²) >= 11 is 3.29. The number of ether oxygens (including phenoxy) is 1. The Kier molecular flexibility index (Phi) is 5.52. The molecule has 1 N–H and O–H groups in total. The summed E-state index contributed by atoms with van der Waals surface area (Å²) in [4.78, 5) is 0. The molecule has 92 valence electrons. The van der Waals surface area contributed by atoms with Crippen molar-refractivity contribution in [2.45, 2.75) is 26.8 Å². The van der Waals surface area contributed by atoms with Crippen molar-refractivity contribution in [2.24, 2.45) is 5.41 Å². The van der Waals surface area contributed by atoms with Gasteiger partial charge in [0.05, 0.1) is 6.54 Å². The molecule has 0 saturated carbocycles. The first kappa shape index (κ1) is 13.7. The summed E-state index contributed by atoms with van der Waals surface area (Å²) in [6, 6.07) is 3.88. The van der Waals surface area contributed by atoms with Gasteiger partial charge in [0.15, 0.2) is 4.67 Å². The Morgan fingerprint density at radius 1 is 1.44 bits per heavy atom. The topological polar surface area (TPSA) is 34.4 Å². The molecule has 0 radical (unpaired) electrons. The molecule has 3 nitrogen and oxygen atoms in total. The van der Waals surface area contributed by atoms with Gasteiger partial charge in [0.2, 0.25) is 0 Å². The van der Waals surface area contributed by atoms with Crippen LogP contribution in [0.3, 0.4) is 0 Å². The Morgan fingerprint density at radius 2 is 2.19 bits per heavy atom.